The number of aromatic nitrogens is 1. The second-order valence-electron chi connectivity index (χ2n) is 5.94. The number of rotatable bonds is 6. The zero-order valence-corrected chi connectivity index (χ0v) is 13.5. The van der Waals surface area contributed by atoms with Crippen molar-refractivity contribution in [1.29, 1.82) is 0 Å². The quantitative estimate of drug-likeness (QED) is 0.825. The maximum atomic E-state index is 13.5. The van der Waals surface area contributed by atoms with Crippen molar-refractivity contribution in [2.24, 2.45) is 0 Å². The summed E-state index contributed by atoms with van der Waals surface area (Å²) in [5.74, 6) is -0.242. The molecule has 0 atom stereocenters. The van der Waals surface area contributed by atoms with Crippen LogP contribution < -0.4 is 5.32 Å². The molecule has 0 bridgehead atoms. The first kappa shape index (κ1) is 16.1. The molecule has 0 spiro atoms. The number of aryl methyl sites for hydroxylation is 1. The molecule has 1 saturated heterocycles. The van der Waals surface area contributed by atoms with Gasteiger partial charge < -0.3 is 14.8 Å². The smallest absolute Gasteiger partial charge is 0.124 e. The van der Waals surface area contributed by atoms with Crippen molar-refractivity contribution in [1.82, 2.24) is 4.98 Å². The molecule has 2 aromatic rings. The second-order valence-corrected chi connectivity index (χ2v) is 5.94. The van der Waals surface area contributed by atoms with Gasteiger partial charge in [0.05, 0.1) is 11.6 Å². The van der Waals surface area contributed by atoms with Gasteiger partial charge in [-0.25, -0.2) is 4.39 Å². The van der Waals surface area contributed by atoms with Gasteiger partial charge in [0.1, 0.15) is 5.82 Å². The molecule has 23 heavy (non-hydrogen) atoms. The fourth-order valence-corrected chi connectivity index (χ4v) is 2.86. The van der Waals surface area contributed by atoms with Gasteiger partial charge in [0, 0.05) is 43.1 Å². The van der Waals surface area contributed by atoms with Crippen LogP contribution in [0, 0.1) is 12.7 Å². The Bertz CT molecular complexity index is 657. The first-order valence-electron chi connectivity index (χ1n) is 8.22. The maximum Gasteiger partial charge on any atom is 0.124 e. The Morgan fingerprint density at radius 3 is 2.96 bits per heavy atom. The molecule has 0 radical (unpaired) electrons. The highest BCUT2D eigenvalue weighted by Crippen LogP contribution is 2.24. The van der Waals surface area contributed by atoms with Gasteiger partial charge >= 0.3 is 0 Å². The van der Waals surface area contributed by atoms with Crippen LogP contribution in [0.5, 0.6) is 0 Å². The van der Waals surface area contributed by atoms with E-state index in [2.05, 4.69) is 10.3 Å². The first-order valence-corrected chi connectivity index (χ1v) is 8.22. The van der Waals surface area contributed by atoms with Crippen LogP contribution in [-0.4, -0.2) is 37.5 Å². The molecular weight excluding hydrogens is 295 g/mol. The number of halogens is 1. The third-order valence-corrected chi connectivity index (χ3v) is 4.06. The molecule has 0 aliphatic carbocycles. The van der Waals surface area contributed by atoms with Crippen molar-refractivity contribution in [2.45, 2.75) is 32.3 Å². The summed E-state index contributed by atoms with van der Waals surface area (Å²) in [6.45, 7) is 5.07. The number of hydrogen-bond acceptors (Lipinski definition) is 4. The second kappa shape index (κ2) is 7.70. The van der Waals surface area contributed by atoms with Crippen LogP contribution in [0.15, 0.2) is 24.3 Å². The van der Waals surface area contributed by atoms with E-state index in [0.717, 1.165) is 67.9 Å². The molecule has 1 fully saturated rings. The van der Waals surface area contributed by atoms with Gasteiger partial charge in [-0.2, -0.15) is 0 Å². The van der Waals surface area contributed by atoms with Crippen molar-refractivity contribution in [3.05, 3.63) is 35.8 Å². The van der Waals surface area contributed by atoms with Crippen LogP contribution >= 0.6 is 0 Å². The molecule has 0 saturated carbocycles. The predicted molar refractivity (Wildman–Crippen MR) is 89.3 cm³/mol. The van der Waals surface area contributed by atoms with Gasteiger partial charge in [-0.3, -0.25) is 4.98 Å². The lowest BCUT2D eigenvalue weighted by molar-refractivity contribution is -0.0316. The molecule has 0 amide bonds. The molecule has 1 aromatic carbocycles. The van der Waals surface area contributed by atoms with Gasteiger partial charge in [-0.15, -0.1) is 0 Å². The van der Waals surface area contributed by atoms with E-state index in [4.69, 9.17) is 9.47 Å². The summed E-state index contributed by atoms with van der Waals surface area (Å²) in [4.78, 5) is 4.44. The number of nitrogens with zero attached hydrogens (tertiary/aromatic N) is 1. The average Bonchev–Trinajstić information content (AvgIpc) is 2.56. The summed E-state index contributed by atoms with van der Waals surface area (Å²) < 4.78 is 24.7. The maximum absolute atomic E-state index is 13.5. The third-order valence-electron chi connectivity index (χ3n) is 4.06. The number of pyridine rings is 1. The minimum atomic E-state index is -0.242. The molecule has 5 heteroatoms. The van der Waals surface area contributed by atoms with Crippen molar-refractivity contribution >= 4 is 16.6 Å². The molecule has 1 aliphatic rings. The number of ether oxygens (including phenoxy) is 2. The summed E-state index contributed by atoms with van der Waals surface area (Å²) >= 11 is 0. The number of hydrogen-bond donors (Lipinski definition) is 1. The van der Waals surface area contributed by atoms with Crippen molar-refractivity contribution in [3.8, 4) is 0 Å². The SMILES string of the molecule is Cc1cc(NCCCOC2CCOCC2)c2cc(F)ccc2n1. The lowest BCUT2D eigenvalue weighted by Gasteiger charge is -2.22. The fourth-order valence-electron chi connectivity index (χ4n) is 2.86. The van der Waals surface area contributed by atoms with Crippen molar-refractivity contribution < 1.29 is 13.9 Å². The largest absolute Gasteiger partial charge is 0.384 e. The summed E-state index contributed by atoms with van der Waals surface area (Å²) in [6, 6.07) is 6.65. The normalized spacial score (nSPS) is 15.9. The minimum absolute atomic E-state index is 0.242. The molecule has 124 valence electrons. The average molecular weight is 318 g/mol. The van der Waals surface area contributed by atoms with Crippen LogP contribution in [-0.2, 0) is 9.47 Å². The molecule has 2 heterocycles. The van der Waals surface area contributed by atoms with Gasteiger partial charge in [-0.05, 0) is 50.5 Å². The van der Waals surface area contributed by atoms with E-state index < -0.39 is 0 Å². The number of anilines is 1. The monoisotopic (exact) mass is 318 g/mol. The topological polar surface area (TPSA) is 43.4 Å². The first-order chi connectivity index (χ1) is 11.2. The van der Waals surface area contributed by atoms with Crippen LogP contribution in [0.25, 0.3) is 10.9 Å². The standard InChI is InChI=1S/C18H23FN2O2/c1-13-11-18(16-12-14(19)3-4-17(16)21-13)20-7-2-8-23-15-5-9-22-10-6-15/h3-4,11-12,15H,2,5-10H2,1H3,(H,20,21). The van der Waals surface area contributed by atoms with E-state index in [1.54, 1.807) is 6.07 Å². The van der Waals surface area contributed by atoms with Crippen LogP contribution in [0.3, 0.4) is 0 Å². The lowest BCUT2D eigenvalue weighted by atomic mass is 10.1. The fraction of sp³-hybridized carbons (Fsp3) is 0.500. The highest BCUT2D eigenvalue weighted by molar-refractivity contribution is 5.91. The zero-order valence-electron chi connectivity index (χ0n) is 13.5. The summed E-state index contributed by atoms with van der Waals surface area (Å²) in [5, 5.41) is 4.20. The molecule has 1 aromatic heterocycles. The Labute approximate surface area is 136 Å². The van der Waals surface area contributed by atoms with Gasteiger partial charge in [0.2, 0.25) is 0 Å². The zero-order chi connectivity index (χ0) is 16.1. The van der Waals surface area contributed by atoms with E-state index in [-0.39, 0.29) is 5.82 Å². The highest BCUT2D eigenvalue weighted by Gasteiger charge is 2.13. The Morgan fingerprint density at radius 2 is 2.13 bits per heavy atom. The molecule has 1 N–H and O–H groups in total. The molecule has 1 aliphatic heterocycles. The summed E-state index contributed by atoms with van der Waals surface area (Å²) in [5.41, 5.74) is 2.66. The van der Waals surface area contributed by atoms with Crippen molar-refractivity contribution in [2.75, 3.05) is 31.7 Å². The summed E-state index contributed by atoms with van der Waals surface area (Å²) in [6.07, 6.45) is 3.22. The molecule has 3 rings (SSSR count). The van der Waals surface area contributed by atoms with E-state index >= 15 is 0 Å². The molecular formula is C18H23FN2O2. The van der Waals surface area contributed by atoms with Gasteiger partial charge in [-0.1, -0.05) is 0 Å². The van der Waals surface area contributed by atoms with E-state index in [1.165, 1.54) is 12.1 Å². The molecule has 0 unspecified atom stereocenters. The Morgan fingerprint density at radius 1 is 1.30 bits per heavy atom. The molecule has 4 nitrogen and oxygen atoms in total. The van der Waals surface area contributed by atoms with Crippen molar-refractivity contribution in [3.63, 3.8) is 0 Å². The highest BCUT2D eigenvalue weighted by atomic mass is 19.1. The Balaban J connectivity index is 1.53. The minimum Gasteiger partial charge on any atom is -0.384 e. The van der Waals surface area contributed by atoms with Crippen LogP contribution in [0.4, 0.5) is 10.1 Å². The van der Waals surface area contributed by atoms with Gasteiger partial charge in [0.15, 0.2) is 0 Å². The van der Waals surface area contributed by atoms with Gasteiger partial charge in [0.25, 0.3) is 0 Å². The van der Waals surface area contributed by atoms with Crippen LogP contribution in [0.1, 0.15) is 25.0 Å². The predicted octanol–water partition coefficient (Wildman–Crippen LogP) is 3.68. The Hall–Kier alpha value is -1.72. The number of fused-ring (bicyclic) bond motifs is 1. The lowest BCUT2D eigenvalue weighted by Crippen LogP contribution is -2.24. The van der Waals surface area contributed by atoms with E-state index in [1.807, 2.05) is 13.0 Å². The number of benzene rings is 1. The van der Waals surface area contributed by atoms with E-state index in [0.29, 0.717) is 6.10 Å². The third kappa shape index (κ3) is 4.39. The van der Waals surface area contributed by atoms with E-state index in [9.17, 15) is 4.39 Å². The van der Waals surface area contributed by atoms with Crippen LogP contribution in [0.2, 0.25) is 0 Å². The Kier molecular flexibility index (Phi) is 5.41. The summed E-state index contributed by atoms with van der Waals surface area (Å²) in [7, 11) is 0. The number of nitrogens with one attached hydrogen (secondary N) is 1.